The third kappa shape index (κ3) is 4.45. The monoisotopic (exact) mass is 192 g/mol. The van der Waals surface area contributed by atoms with Gasteiger partial charge in [0.2, 0.25) is 0 Å². The molecule has 1 aliphatic carbocycles. The molecule has 0 radical (unpaired) electrons. The molecule has 0 bridgehead atoms. The first-order valence-corrected chi connectivity index (χ1v) is 5.80. The molecule has 1 aliphatic rings. The molecule has 0 heterocycles. The van der Waals surface area contributed by atoms with Crippen molar-refractivity contribution in [3.05, 3.63) is 35.5 Å². The molecule has 0 unspecified atom stereocenters. The number of hydrogen-bond donors (Lipinski definition) is 0. The van der Waals surface area contributed by atoms with Gasteiger partial charge in [-0.25, -0.2) is 0 Å². The normalized spacial score (nSPS) is 15.3. The van der Waals surface area contributed by atoms with Gasteiger partial charge in [0.05, 0.1) is 0 Å². The Morgan fingerprint density at radius 3 is 2.36 bits per heavy atom. The zero-order valence-corrected chi connectivity index (χ0v) is 10.3. The molecule has 0 saturated heterocycles. The third-order valence-electron chi connectivity index (χ3n) is 2.32. The molecule has 0 aliphatic heterocycles. The molecule has 0 aromatic heterocycles. The van der Waals surface area contributed by atoms with E-state index in [1.54, 1.807) is 0 Å². The molecule has 80 valence electrons. The van der Waals surface area contributed by atoms with Crippen molar-refractivity contribution in [2.75, 3.05) is 0 Å². The van der Waals surface area contributed by atoms with E-state index in [1.165, 1.54) is 17.6 Å². The quantitative estimate of drug-likeness (QED) is 0.584. The summed E-state index contributed by atoms with van der Waals surface area (Å²) >= 11 is 0. The predicted molar refractivity (Wildman–Crippen MR) is 66.4 cm³/mol. The van der Waals surface area contributed by atoms with Crippen molar-refractivity contribution in [2.24, 2.45) is 5.92 Å². The van der Waals surface area contributed by atoms with Crippen LogP contribution in [0.4, 0.5) is 0 Å². The Morgan fingerprint density at radius 1 is 1.21 bits per heavy atom. The summed E-state index contributed by atoms with van der Waals surface area (Å²) in [6.45, 7) is 10.7. The van der Waals surface area contributed by atoms with Gasteiger partial charge in [-0.2, -0.15) is 0 Å². The fourth-order valence-electron chi connectivity index (χ4n) is 1.33. The fraction of sp³-hybridized carbons (Fsp3) is 0.571. The van der Waals surface area contributed by atoms with Crippen LogP contribution in [0.15, 0.2) is 35.5 Å². The van der Waals surface area contributed by atoms with Crippen molar-refractivity contribution in [3.8, 4) is 0 Å². The Hall–Kier alpha value is -0.780. The Balaban J connectivity index is 0.000000791. The Kier molecular flexibility index (Phi) is 7.18. The maximum absolute atomic E-state index is 2.27. The number of allylic oxidation sites excluding steroid dienone is 6. The van der Waals surface area contributed by atoms with E-state index in [0.717, 1.165) is 6.42 Å². The molecule has 0 N–H and O–H groups in total. The lowest BCUT2D eigenvalue weighted by atomic mass is 10.0. The van der Waals surface area contributed by atoms with Crippen molar-refractivity contribution in [1.29, 1.82) is 0 Å². The van der Waals surface area contributed by atoms with Crippen molar-refractivity contribution in [3.63, 3.8) is 0 Å². The van der Waals surface area contributed by atoms with Crippen molar-refractivity contribution in [1.82, 2.24) is 0 Å². The van der Waals surface area contributed by atoms with Gasteiger partial charge in [0, 0.05) is 0 Å². The molecule has 0 spiro atoms. The molecule has 0 heteroatoms. The summed E-state index contributed by atoms with van der Waals surface area (Å²) in [5.41, 5.74) is 2.97. The van der Waals surface area contributed by atoms with Gasteiger partial charge in [-0.3, -0.25) is 0 Å². The van der Waals surface area contributed by atoms with Crippen molar-refractivity contribution < 1.29 is 0 Å². The minimum atomic E-state index is 0.647. The van der Waals surface area contributed by atoms with Crippen LogP contribution < -0.4 is 0 Å². The first kappa shape index (κ1) is 13.2. The summed E-state index contributed by atoms with van der Waals surface area (Å²) in [4.78, 5) is 0. The van der Waals surface area contributed by atoms with Crippen LogP contribution in [0.3, 0.4) is 0 Å². The van der Waals surface area contributed by atoms with Crippen LogP contribution >= 0.6 is 0 Å². The second-order valence-corrected chi connectivity index (χ2v) is 3.61. The van der Waals surface area contributed by atoms with E-state index in [4.69, 9.17) is 0 Å². The Bertz CT molecular complexity index is 226. The lowest BCUT2D eigenvalue weighted by molar-refractivity contribution is 0.792. The van der Waals surface area contributed by atoms with Crippen LogP contribution in [0.1, 0.15) is 47.5 Å². The van der Waals surface area contributed by atoms with Crippen molar-refractivity contribution >= 4 is 0 Å². The van der Waals surface area contributed by atoms with Gasteiger partial charge in [0.25, 0.3) is 0 Å². The van der Waals surface area contributed by atoms with E-state index in [-0.39, 0.29) is 0 Å². The second kappa shape index (κ2) is 7.61. The smallest absolute Gasteiger partial charge is 0.0133 e. The lowest BCUT2D eigenvalue weighted by Gasteiger charge is -2.02. The SMILES string of the molecule is CC.CCC1=CC=C(C(C)C)C=CC1. The molecular weight excluding hydrogens is 168 g/mol. The summed E-state index contributed by atoms with van der Waals surface area (Å²) < 4.78 is 0. The second-order valence-electron chi connectivity index (χ2n) is 3.61. The third-order valence-corrected chi connectivity index (χ3v) is 2.32. The molecular formula is C14H24. The van der Waals surface area contributed by atoms with Crippen LogP contribution in [0, 0.1) is 5.92 Å². The molecule has 0 saturated carbocycles. The van der Waals surface area contributed by atoms with Crippen LogP contribution in [0.25, 0.3) is 0 Å². The molecule has 0 aromatic rings. The highest BCUT2D eigenvalue weighted by molar-refractivity contribution is 5.31. The van der Waals surface area contributed by atoms with Gasteiger partial charge in [-0.05, 0) is 24.3 Å². The van der Waals surface area contributed by atoms with Gasteiger partial charge in [-0.1, -0.05) is 64.5 Å². The maximum atomic E-state index is 2.27. The van der Waals surface area contributed by atoms with Crippen LogP contribution in [-0.2, 0) is 0 Å². The van der Waals surface area contributed by atoms with Gasteiger partial charge >= 0.3 is 0 Å². The summed E-state index contributed by atoms with van der Waals surface area (Å²) in [6, 6.07) is 0. The summed E-state index contributed by atoms with van der Waals surface area (Å²) in [5, 5.41) is 0. The zero-order valence-electron chi connectivity index (χ0n) is 10.3. The van der Waals surface area contributed by atoms with E-state index < -0.39 is 0 Å². The summed E-state index contributed by atoms with van der Waals surface area (Å²) in [7, 11) is 0. The first-order chi connectivity index (χ1) is 6.74. The van der Waals surface area contributed by atoms with Gasteiger partial charge < -0.3 is 0 Å². The molecule has 0 aromatic carbocycles. The topological polar surface area (TPSA) is 0 Å². The van der Waals surface area contributed by atoms with Gasteiger partial charge in [0.1, 0.15) is 0 Å². The minimum absolute atomic E-state index is 0.647. The molecule has 0 atom stereocenters. The average molecular weight is 192 g/mol. The minimum Gasteiger partial charge on any atom is -0.0802 e. The molecule has 0 amide bonds. The van der Waals surface area contributed by atoms with Crippen LogP contribution in [-0.4, -0.2) is 0 Å². The summed E-state index contributed by atoms with van der Waals surface area (Å²) in [5.74, 6) is 0.647. The molecule has 0 nitrogen and oxygen atoms in total. The van der Waals surface area contributed by atoms with Crippen molar-refractivity contribution in [2.45, 2.75) is 47.5 Å². The first-order valence-electron chi connectivity index (χ1n) is 5.80. The standard InChI is InChI=1S/C12H18.C2H6/c1-4-11-6-5-7-12(9-8-11)10(2)3;1-2/h5,7-10H,4,6H2,1-3H3;1-2H3. The van der Waals surface area contributed by atoms with Crippen LogP contribution in [0.2, 0.25) is 0 Å². The predicted octanol–water partition coefficient (Wildman–Crippen LogP) is 4.89. The van der Waals surface area contributed by atoms with E-state index in [2.05, 4.69) is 45.1 Å². The molecule has 1 rings (SSSR count). The lowest BCUT2D eigenvalue weighted by Crippen LogP contribution is -1.88. The van der Waals surface area contributed by atoms with E-state index >= 15 is 0 Å². The number of hydrogen-bond acceptors (Lipinski definition) is 0. The van der Waals surface area contributed by atoms with Crippen LogP contribution in [0.5, 0.6) is 0 Å². The fourth-order valence-corrected chi connectivity index (χ4v) is 1.33. The van der Waals surface area contributed by atoms with E-state index in [0.29, 0.717) is 5.92 Å². The Labute approximate surface area is 89.4 Å². The molecule has 14 heavy (non-hydrogen) atoms. The average Bonchev–Trinajstić information content (AvgIpc) is 2.45. The van der Waals surface area contributed by atoms with E-state index in [9.17, 15) is 0 Å². The largest absolute Gasteiger partial charge is 0.0802 e. The summed E-state index contributed by atoms with van der Waals surface area (Å²) in [6.07, 6.45) is 11.4. The highest BCUT2D eigenvalue weighted by Gasteiger charge is 2.00. The van der Waals surface area contributed by atoms with Gasteiger partial charge in [0.15, 0.2) is 0 Å². The molecule has 0 fully saturated rings. The zero-order chi connectivity index (χ0) is 11.0. The Morgan fingerprint density at radius 2 is 1.86 bits per heavy atom. The highest BCUT2D eigenvalue weighted by Crippen LogP contribution is 2.18. The maximum Gasteiger partial charge on any atom is -0.0133 e. The highest BCUT2D eigenvalue weighted by atomic mass is 14.1. The van der Waals surface area contributed by atoms with E-state index in [1.807, 2.05) is 13.8 Å². The van der Waals surface area contributed by atoms with Gasteiger partial charge in [-0.15, -0.1) is 0 Å². The number of rotatable bonds is 2.